The van der Waals surface area contributed by atoms with Gasteiger partial charge in [0.2, 0.25) is 17.6 Å². The highest BCUT2D eigenvalue weighted by Gasteiger charge is 2.25. The van der Waals surface area contributed by atoms with Gasteiger partial charge in [0.05, 0.1) is 6.54 Å². The first-order valence-electron chi connectivity index (χ1n) is 6.82. The van der Waals surface area contributed by atoms with Crippen molar-refractivity contribution < 1.29 is 23.9 Å². The molecule has 2 amide bonds. The number of piperidine rings is 1. The van der Waals surface area contributed by atoms with Crippen LogP contribution in [-0.4, -0.2) is 40.9 Å². The quantitative estimate of drug-likeness (QED) is 0.857. The van der Waals surface area contributed by atoms with Gasteiger partial charge >= 0.3 is 5.97 Å². The number of furan rings is 1. The molecule has 7 nitrogen and oxygen atoms in total. The van der Waals surface area contributed by atoms with Gasteiger partial charge in [-0.15, -0.1) is 0 Å². The van der Waals surface area contributed by atoms with Crippen molar-refractivity contribution in [2.24, 2.45) is 5.92 Å². The molecule has 1 saturated heterocycles. The number of carboxylic acids is 1. The molecular formula is C14H18N2O5. The zero-order chi connectivity index (χ0) is 15.4. The van der Waals surface area contributed by atoms with Crippen LogP contribution in [0, 0.1) is 5.92 Å². The van der Waals surface area contributed by atoms with E-state index in [1.54, 1.807) is 4.90 Å². The zero-order valence-electron chi connectivity index (χ0n) is 11.8. The molecule has 0 aliphatic carbocycles. The van der Waals surface area contributed by atoms with Gasteiger partial charge in [0, 0.05) is 25.9 Å². The molecule has 21 heavy (non-hydrogen) atoms. The van der Waals surface area contributed by atoms with Crippen LogP contribution in [0.25, 0.3) is 0 Å². The lowest BCUT2D eigenvalue weighted by Gasteiger charge is -2.30. The largest absolute Gasteiger partial charge is 0.475 e. The summed E-state index contributed by atoms with van der Waals surface area (Å²) < 4.78 is 5.06. The highest BCUT2D eigenvalue weighted by Crippen LogP contribution is 2.17. The number of carbonyl (C=O) groups excluding carboxylic acids is 2. The van der Waals surface area contributed by atoms with Crippen molar-refractivity contribution in [3.63, 3.8) is 0 Å². The van der Waals surface area contributed by atoms with Gasteiger partial charge in [-0.05, 0) is 25.0 Å². The van der Waals surface area contributed by atoms with Gasteiger partial charge in [0.15, 0.2) is 0 Å². The molecular weight excluding hydrogens is 276 g/mol. The maximum Gasteiger partial charge on any atom is 0.371 e. The highest BCUT2D eigenvalue weighted by molar-refractivity contribution is 5.84. The summed E-state index contributed by atoms with van der Waals surface area (Å²) in [5.41, 5.74) is 0. The first kappa shape index (κ1) is 15.1. The van der Waals surface area contributed by atoms with Crippen molar-refractivity contribution in [2.75, 3.05) is 13.1 Å². The van der Waals surface area contributed by atoms with Gasteiger partial charge in [-0.1, -0.05) is 0 Å². The molecule has 1 fully saturated rings. The minimum absolute atomic E-state index is 0.0330. The third-order valence-electron chi connectivity index (χ3n) is 3.62. The fraction of sp³-hybridized carbons (Fsp3) is 0.500. The van der Waals surface area contributed by atoms with Gasteiger partial charge < -0.3 is 19.7 Å². The van der Waals surface area contributed by atoms with Crippen molar-refractivity contribution in [3.8, 4) is 0 Å². The molecule has 2 N–H and O–H groups in total. The van der Waals surface area contributed by atoms with E-state index < -0.39 is 5.97 Å². The number of likely N-dealkylation sites (tertiary alicyclic amines) is 1. The molecule has 1 aliphatic rings. The van der Waals surface area contributed by atoms with Crippen LogP contribution in [0.2, 0.25) is 0 Å². The van der Waals surface area contributed by atoms with Gasteiger partial charge in [0.1, 0.15) is 5.76 Å². The Labute approximate surface area is 121 Å². The predicted octanol–water partition coefficient (Wildman–Crippen LogP) is 0.853. The molecule has 0 saturated carbocycles. The molecule has 1 aromatic heterocycles. The summed E-state index contributed by atoms with van der Waals surface area (Å²) in [7, 11) is 0. The zero-order valence-corrected chi connectivity index (χ0v) is 11.8. The second-order valence-electron chi connectivity index (χ2n) is 5.07. The fourth-order valence-corrected chi connectivity index (χ4v) is 2.36. The monoisotopic (exact) mass is 294 g/mol. The topological polar surface area (TPSA) is 99.9 Å². The van der Waals surface area contributed by atoms with E-state index in [0.29, 0.717) is 31.7 Å². The molecule has 1 aliphatic heterocycles. The Morgan fingerprint density at radius 3 is 2.52 bits per heavy atom. The van der Waals surface area contributed by atoms with E-state index in [2.05, 4.69) is 5.32 Å². The number of amides is 2. The van der Waals surface area contributed by atoms with Crippen molar-refractivity contribution in [2.45, 2.75) is 26.3 Å². The maximum absolute atomic E-state index is 12.0. The summed E-state index contributed by atoms with van der Waals surface area (Å²) in [5, 5.41) is 11.5. The Kier molecular flexibility index (Phi) is 4.62. The Morgan fingerprint density at radius 1 is 1.33 bits per heavy atom. The minimum atomic E-state index is -1.14. The number of aromatic carboxylic acids is 1. The first-order valence-corrected chi connectivity index (χ1v) is 6.82. The Morgan fingerprint density at radius 2 is 2.00 bits per heavy atom. The van der Waals surface area contributed by atoms with Gasteiger partial charge in [0.25, 0.3) is 0 Å². The molecule has 0 radical (unpaired) electrons. The van der Waals surface area contributed by atoms with Crippen molar-refractivity contribution >= 4 is 17.8 Å². The Balaban J connectivity index is 1.79. The van der Waals surface area contributed by atoms with Crippen molar-refractivity contribution in [1.82, 2.24) is 10.2 Å². The van der Waals surface area contributed by atoms with Crippen molar-refractivity contribution in [3.05, 3.63) is 23.7 Å². The van der Waals surface area contributed by atoms with Crippen LogP contribution in [0.5, 0.6) is 0 Å². The standard InChI is InChI=1S/C14H18N2O5/c1-9(17)16-6-4-10(5-7-16)13(18)15-8-11-2-3-12(21-11)14(19)20/h2-3,10H,4-8H2,1H3,(H,15,18)(H,19,20). The van der Waals surface area contributed by atoms with Crippen LogP contribution < -0.4 is 5.32 Å². The van der Waals surface area contributed by atoms with E-state index in [0.717, 1.165) is 0 Å². The Hall–Kier alpha value is -2.31. The van der Waals surface area contributed by atoms with E-state index in [1.807, 2.05) is 0 Å². The number of rotatable bonds is 4. The van der Waals surface area contributed by atoms with Crippen LogP contribution in [-0.2, 0) is 16.1 Å². The van der Waals surface area contributed by atoms with Crippen molar-refractivity contribution in [1.29, 1.82) is 0 Å². The summed E-state index contributed by atoms with van der Waals surface area (Å²) in [6.07, 6.45) is 1.29. The summed E-state index contributed by atoms with van der Waals surface area (Å²) in [6.45, 7) is 2.88. The van der Waals surface area contributed by atoms with Crippen LogP contribution in [0.3, 0.4) is 0 Å². The average molecular weight is 294 g/mol. The molecule has 0 spiro atoms. The summed E-state index contributed by atoms with van der Waals surface area (Å²) in [6, 6.07) is 2.89. The smallest absolute Gasteiger partial charge is 0.371 e. The van der Waals surface area contributed by atoms with E-state index in [-0.39, 0.29) is 30.0 Å². The van der Waals surface area contributed by atoms with Gasteiger partial charge in [-0.2, -0.15) is 0 Å². The van der Waals surface area contributed by atoms with E-state index in [9.17, 15) is 14.4 Å². The Bertz CT molecular complexity index is 543. The molecule has 1 aromatic rings. The number of carbonyl (C=O) groups is 3. The third kappa shape index (κ3) is 3.84. The van der Waals surface area contributed by atoms with Gasteiger partial charge in [-0.3, -0.25) is 9.59 Å². The molecule has 2 rings (SSSR count). The van der Waals surface area contributed by atoms with E-state index >= 15 is 0 Å². The normalized spacial score (nSPS) is 15.8. The fourth-order valence-electron chi connectivity index (χ4n) is 2.36. The number of nitrogens with one attached hydrogen (secondary N) is 1. The third-order valence-corrected chi connectivity index (χ3v) is 3.62. The van der Waals surface area contributed by atoms with Crippen LogP contribution in [0.15, 0.2) is 16.5 Å². The SMILES string of the molecule is CC(=O)N1CCC(C(=O)NCc2ccc(C(=O)O)o2)CC1. The maximum atomic E-state index is 12.0. The summed E-state index contributed by atoms with van der Waals surface area (Å²) in [4.78, 5) is 35.6. The first-order chi connectivity index (χ1) is 9.97. The van der Waals surface area contributed by atoms with E-state index in [1.165, 1.54) is 19.1 Å². The molecule has 114 valence electrons. The number of carboxylic acid groups (broad SMARTS) is 1. The number of nitrogens with zero attached hydrogens (tertiary/aromatic N) is 1. The highest BCUT2D eigenvalue weighted by atomic mass is 16.4. The lowest BCUT2D eigenvalue weighted by molar-refractivity contribution is -0.134. The summed E-state index contributed by atoms with van der Waals surface area (Å²) in [5.74, 6) is -1.05. The molecule has 0 unspecified atom stereocenters. The van der Waals surface area contributed by atoms with Gasteiger partial charge in [-0.25, -0.2) is 4.79 Å². The molecule has 2 heterocycles. The van der Waals surface area contributed by atoms with Crippen LogP contribution >= 0.6 is 0 Å². The summed E-state index contributed by atoms with van der Waals surface area (Å²) >= 11 is 0. The molecule has 7 heteroatoms. The molecule has 0 bridgehead atoms. The van der Waals surface area contributed by atoms with Crippen LogP contribution in [0.1, 0.15) is 36.1 Å². The molecule has 0 aromatic carbocycles. The minimum Gasteiger partial charge on any atom is -0.475 e. The second kappa shape index (κ2) is 6.43. The average Bonchev–Trinajstić information content (AvgIpc) is 2.94. The lowest BCUT2D eigenvalue weighted by atomic mass is 9.96. The predicted molar refractivity (Wildman–Crippen MR) is 72.5 cm³/mol. The second-order valence-corrected chi connectivity index (χ2v) is 5.07. The van der Waals surface area contributed by atoms with E-state index in [4.69, 9.17) is 9.52 Å². The number of hydrogen-bond donors (Lipinski definition) is 2. The molecule has 0 atom stereocenters. The van der Waals surface area contributed by atoms with Crippen LogP contribution in [0.4, 0.5) is 0 Å². The number of hydrogen-bond acceptors (Lipinski definition) is 4. The lowest BCUT2D eigenvalue weighted by Crippen LogP contribution is -2.42.